The summed E-state index contributed by atoms with van der Waals surface area (Å²) in [7, 11) is 1.67. The summed E-state index contributed by atoms with van der Waals surface area (Å²) in [6.07, 6.45) is 1.60. The zero-order valence-corrected chi connectivity index (χ0v) is 14.3. The van der Waals surface area contributed by atoms with Crippen LogP contribution in [0.1, 0.15) is 24.4 Å². The van der Waals surface area contributed by atoms with E-state index in [1.54, 1.807) is 7.11 Å². The van der Waals surface area contributed by atoms with E-state index in [1.165, 1.54) is 0 Å². The van der Waals surface area contributed by atoms with Crippen molar-refractivity contribution in [1.82, 2.24) is 10.2 Å². The van der Waals surface area contributed by atoms with Gasteiger partial charge in [-0.25, -0.2) is 0 Å². The third-order valence-electron chi connectivity index (χ3n) is 4.29. The maximum absolute atomic E-state index is 12.8. The van der Waals surface area contributed by atoms with Gasteiger partial charge in [0.1, 0.15) is 11.9 Å². The molecule has 3 rings (SSSR count). The monoisotopic (exact) mass is 368 g/mol. The first-order valence-corrected chi connectivity index (χ1v) is 8.46. The quantitative estimate of drug-likeness (QED) is 0.887. The van der Waals surface area contributed by atoms with Crippen LogP contribution in [0.4, 0.5) is 0 Å². The van der Waals surface area contributed by atoms with Crippen molar-refractivity contribution in [3.8, 4) is 5.75 Å². The number of morpholine rings is 1. The van der Waals surface area contributed by atoms with Gasteiger partial charge in [-0.1, -0.05) is 15.9 Å². The number of halogens is 1. The van der Waals surface area contributed by atoms with Gasteiger partial charge < -0.3 is 19.7 Å². The molecule has 0 saturated carbocycles. The van der Waals surface area contributed by atoms with Gasteiger partial charge in [-0.2, -0.15) is 0 Å². The van der Waals surface area contributed by atoms with Crippen molar-refractivity contribution in [2.24, 2.45) is 0 Å². The number of carbonyl (C=O) groups excluding carboxylic acids is 1. The van der Waals surface area contributed by atoms with Crippen LogP contribution in [-0.2, 0) is 9.53 Å². The van der Waals surface area contributed by atoms with Gasteiger partial charge in [0.05, 0.1) is 19.8 Å². The number of likely N-dealkylation sites (tertiary alicyclic amines) is 1. The lowest BCUT2D eigenvalue weighted by Gasteiger charge is -2.31. The molecule has 2 fully saturated rings. The van der Waals surface area contributed by atoms with Crippen LogP contribution in [0.2, 0.25) is 0 Å². The molecule has 2 saturated heterocycles. The van der Waals surface area contributed by atoms with E-state index in [1.807, 2.05) is 17.0 Å². The molecule has 5 nitrogen and oxygen atoms in total. The number of ether oxygens (including phenoxy) is 2. The minimum absolute atomic E-state index is 0.0606. The second-order valence-electron chi connectivity index (χ2n) is 5.64. The Morgan fingerprint density at radius 2 is 2.36 bits per heavy atom. The molecule has 1 N–H and O–H groups in total. The summed E-state index contributed by atoms with van der Waals surface area (Å²) in [6.45, 7) is 2.78. The first-order valence-electron chi connectivity index (χ1n) is 7.67. The van der Waals surface area contributed by atoms with Crippen molar-refractivity contribution in [2.45, 2.75) is 25.0 Å². The highest BCUT2D eigenvalue weighted by molar-refractivity contribution is 9.10. The maximum atomic E-state index is 12.8. The van der Waals surface area contributed by atoms with Gasteiger partial charge in [0.25, 0.3) is 5.91 Å². The summed E-state index contributed by atoms with van der Waals surface area (Å²) in [5.41, 5.74) is 1.06. The lowest BCUT2D eigenvalue weighted by atomic mass is 10.0. The Kier molecular flexibility index (Phi) is 5.00. The van der Waals surface area contributed by atoms with E-state index in [-0.39, 0.29) is 18.1 Å². The number of methoxy groups -OCH3 is 1. The van der Waals surface area contributed by atoms with Gasteiger partial charge in [0, 0.05) is 29.7 Å². The lowest BCUT2D eigenvalue weighted by molar-refractivity contribution is -0.146. The third-order valence-corrected chi connectivity index (χ3v) is 4.78. The van der Waals surface area contributed by atoms with E-state index >= 15 is 0 Å². The van der Waals surface area contributed by atoms with Gasteiger partial charge in [0.15, 0.2) is 0 Å². The van der Waals surface area contributed by atoms with Crippen LogP contribution in [0.25, 0.3) is 0 Å². The molecule has 2 aliphatic heterocycles. The van der Waals surface area contributed by atoms with E-state index in [0.29, 0.717) is 13.2 Å². The highest BCUT2D eigenvalue weighted by Gasteiger charge is 2.36. The first-order chi connectivity index (χ1) is 10.7. The summed E-state index contributed by atoms with van der Waals surface area (Å²) in [4.78, 5) is 14.7. The van der Waals surface area contributed by atoms with E-state index in [4.69, 9.17) is 9.47 Å². The Hall–Kier alpha value is -1.11. The molecule has 22 heavy (non-hydrogen) atoms. The van der Waals surface area contributed by atoms with E-state index in [2.05, 4.69) is 27.3 Å². The van der Waals surface area contributed by atoms with E-state index < -0.39 is 0 Å². The van der Waals surface area contributed by atoms with Crippen LogP contribution in [0.5, 0.6) is 5.75 Å². The van der Waals surface area contributed by atoms with Crippen LogP contribution in [0.3, 0.4) is 0 Å². The van der Waals surface area contributed by atoms with Crippen LogP contribution in [-0.4, -0.2) is 50.3 Å². The fraction of sp³-hybridized carbons (Fsp3) is 0.562. The molecular weight excluding hydrogens is 348 g/mol. The SMILES string of the molecule is COc1ccc(Br)cc1[C@@H]1CCCN1C(=O)[C@@H]1CNCCO1. The molecule has 1 aromatic carbocycles. The Labute approximate surface area is 139 Å². The van der Waals surface area contributed by atoms with Gasteiger partial charge in [-0.3, -0.25) is 4.79 Å². The molecule has 0 radical (unpaired) electrons. The van der Waals surface area contributed by atoms with Gasteiger partial charge >= 0.3 is 0 Å². The average Bonchev–Trinajstić information content (AvgIpc) is 3.04. The largest absolute Gasteiger partial charge is 0.496 e. The van der Waals surface area contributed by atoms with Gasteiger partial charge in [-0.05, 0) is 31.0 Å². The fourth-order valence-corrected chi connectivity index (χ4v) is 3.61. The molecule has 0 spiro atoms. The summed E-state index contributed by atoms with van der Waals surface area (Å²) in [5.74, 6) is 0.910. The van der Waals surface area contributed by atoms with Crippen LogP contribution >= 0.6 is 15.9 Å². The van der Waals surface area contributed by atoms with Crippen molar-refractivity contribution in [1.29, 1.82) is 0 Å². The highest BCUT2D eigenvalue weighted by atomic mass is 79.9. The summed E-state index contributed by atoms with van der Waals surface area (Å²) < 4.78 is 12.1. The average molecular weight is 369 g/mol. The predicted octanol–water partition coefficient (Wildman–Crippen LogP) is 2.11. The number of hydrogen-bond acceptors (Lipinski definition) is 4. The normalized spacial score (nSPS) is 25.3. The molecule has 2 atom stereocenters. The Bertz CT molecular complexity index is 546. The summed E-state index contributed by atoms with van der Waals surface area (Å²) in [6, 6.07) is 6.01. The highest BCUT2D eigenvalue weighted by Crippen LogP contribution is 2.38. The second kappa shape index (κ2) is 6.98. The van der Waals surface area contributed by atoms with Crippen LogP contribution in [0.15, 0.2) is 22.7 Å². The first kappa shape index (κ1) is 15.8. The van der Waals surface area contributed by atoms with Crippen molar-refractivity contribution < 1.29 is 14.3 Å². The standard InChI is InChI=1S/C16H21BrN2O3/c1-21-14-5-4-11(17)9-12(14)13-3-2-7-19(13)16(20)15-10-18-6-8-22-15/h4-5,9,13,15,18H,2-3,6-8,10H2,1H3/t13-,15-/m0/s1. The smallest absolute Gasteiger partial charge is 0.253 e. The molecule has 0 bridgehead atoms. The fourth-order valence-electron chi connectivity index (χ4n) is 3.23. The van der Waals surface area contributed by atoms with Crippen molar-refractivity contribution in [3.63, 3.8) is 0 Å². The number of hydrogen-bond donors (Lipinski definition) is 1. The molecule has 0 aliphatic carbocycles. The zero-order chi connectivity index (χ0) is 15.5. The Morgan fingerprint density at radius 3 is 3.09 bits per heavy atom. The summed E-state index contributed by atoms with van der Waals surface area (Å²) >= 11 is 3.51. The molecule has 0 unspecified atom stereocenters. The van der Waals surface area contributed by atoms with Gasteiger partial charge in [0.2, 0.25) is 0 Å². The van der Waals surface area contributed by atoms with Crippen molar-refractivity contribution in [2.75, 3.05) is 33.4 Å². The molecule has 1 aromatic rings. The second-order valence-corrected chi connectivity index (χ2v) is 6.56. The lowest BCUT2D eigenvalue weighted by Crippen LogP contribution is -2.49. The molecule has 2 heterocycles. The number of amides is 1. The van der Waals surface area contributed by atoms with Crippen molar-refractivity contribution in [3.05, 3.63) is 28.2 Å². The van der Waals surface area contributed by atoms with E-state index in [0.717, 1.165) is 41.7 Å². The minimum Gasteiger partial charge on any atom is -0.496 e. The van der Waals surface area contributed by atoms with Crippen LogP contribution in [0, 0.1) is 0 Å². The number of nitrogens with one attached hydrogen (secondary N) is 1. The number of carbonyl (C=O) groups is 1. The summed E-state index contributed by atoms with van der Waals surface area (Å²) in [5, 5.41) is 3.22. The minimum atomic E-state index is -0.368. The maximum Gasteiger partial charge on any atom is 0.253 e. The molecular formula is C16H21BrN2O3. The van der Waals surface area contributed by atoms with Gasteiger partial charge in [-0.15, -0.1) is 0 Å². The third kappa shape index (κ3) is 3.14. The zero-order valence-electron chi connectivity index (χ0n) is 12.7. The number of benzene rings is 1. The van der Waals surface area contributed by atoms with Crippen LogP contribution < -0.4 is 10.1 Å². The molecule has 2 aliphatic rings. The molecule has 6 heteroatoms. The Morgan fingerprint density at radius 1 is 1.50 bits per heavy atom. The Balaban J connectivity index is 1.83. The molecule has 120 valence electrons. The van der Waals surface area contributed by atoms with E-state index in [9.17, 15) is 4.79 Å². The predicted molar refractivity (Wildman–Crippen MR) is 87.0 cm³/mol. The topological polar surface area (TPSA) is 50.8 Å². The number of rotatable bonds is 3. The molecule has 1 amide bonds. The number of nitrogens with zero attached hydrogens (tertiary/aromatic N) is 1. The molecule has 0 aromatic heterocycles. The van der Waals surface area contributed by atoms with Crippen molar-refractivity contribution >= 4 is 21.8 Å².